The van der Waals surface area contributed by atoms with Gasteiger partial charge in [-0.2, -0.15) is 0 Å². The number of esters is 1. The quantitative estimate of drug-likeness (QED) is 0.454. The van der Waals surface area contributed by atoms with Gasteiger partial charge in [-0.25, -0.2) is 13.2 Å². The van der Waals surface area contributed by atoms with Crippen LogP contribution in [0.15, 0.2) is 29.2 Å². The number of hydrogen-bond acceptors (Lipinski definition) is 5. The predicted octanol–water partition coefficient (Wildman–Crippen LogP) is 1.81. The Morgan fingerprint density at radius 2 is 2.06 bits per heavy atom. The molecule has 0 heterocycles. The number of benzene rings is 1. The fourth-order valence-corrected chi connectivity index (χ4v) is 2.02. The molecule has 0 aliphatic rings. The molecule has 1 aromatic rings. The zero-order chi connectivity index (χ0) is 13.6. The first kappa shape index (κ1) is 14.9. The summed E-state index contributed by atoms with van der Waals surface area (Å²) in [6.45, 7) is 0.702. The number of carbonyl (C=O) groups is 1. The van der Waals surface area contributed by atoms with Gasteiger partial charge >= 0.3 is 5.97 Å². The van der Waals surface area contributed by atoms with Crippen LogP contribution in [0, 0.1) is 0 Å². The average molecular weight is 293 g/mol. The molecule has 0 saturated carbocycles. The minimum atomic E-state index is -3.84. The lowest BCUT2D eigenvalue weighted by Gasteiger charge is -2.05. The number of hydrogen-bond donors (Lipinski definition) is 0. The Morgan fingerprint density at radius 1 is 1.33 bits per heavy atom. The van der Waals surface area contributed by atoms with Crippen molar-refractivity contribution >= 4 is 25.7 Å². The van der Waals surface area contributed by atoms with Crippen LogP contribution in [0.3, 0.4) is 0 Å². The summed E-state index contributed by atoms with van der Waals surface area (Å²) in [5, 5.41) is 0. The standard InChI is InChI=1S/C11H13ClO5S/c1-16-6-3-7-17-11(13)9-4-2-5-10(8-9)18(12,14)15/h2,4-5,8H,3,6-7H2,1H3. The Hall–Kier alpha value is -1.11. The second-order valence-corrected chi connectivity index (χ2v) is 6.01. The lowest BCUT2D eigenvalue weighted by molar-refractivity contribution is 0.0468. The van der Waals surface area contributed by atoms with Crippen LogP contribution in [-0.4, -0.2) is 34.7 Å². The molecule has 100 valence electrons. The molecule has 1 rings (SSSR count). The van der Waals surface area contributed by atoms with E-state index in [4.69, 9.17) is 20.2 Å². The molecule has 7 heteroatoms. The van der Waals surface area contributed by atoms with Crippen LogP contribution in [0.1, 0.15) is 16.8 Å². The number of halogens is 1. The molecule has 1 aromatic carbocycles. The third-order valence-electron chi connectivity index (χ3n) is 2.08. The van der Waals surface area contributed by atoms with Gasteiger partial charge in [0, 0.05) is 30.8 Å². The fourth-order valence-electron chi connectivity index (χ4n) is 1.23. The molecule has 5 nitrogen and oxygen atoms in total. The van der Waals surface area contributed by atoms with Crippen molar-refractivity contribution in [2.45, 2.75) is 11.3 Å². The fraction of sp³-hybridized carbons (Fsp3) is 0.364. The van der Waals surface area contributed by atoms with E-state index in [1.807, 2.05) is 0 Å². The smallest absolute Gasteiger partial charge is 0.338 e. The lowest BCUT2D eigenvalue weighted by Crippen LogP contribution is -2.08. The van der Waals surface area contributed by atoms with Crippen LogP contribution in [-0.2, 0) is 18.5 Å². The SMILES string of the molecule is COCCCOC(=O)c1cccc(S(=O)(=O)Cl)c1. The van der Waals surface area contributed by atoms with Crippen molar-refractivity contribution < 1.29 is 22.7 Å². The van der Waals surface area contributed by atoms with Gasteiger partial charge in [0.25, 0.3) is 9.05 Å². The van der Waals surface area contributed by atoms with Crippen LogP contribution < -0.4 is 0 Å². The Morgan fingerprint density at radius 3 is 2.67 bits per heavy atom. The monoisotopic (exact) mass is 292 g/mol. The molecule has 0 spiro atoms. The largest absolute Gasteiger partial charge is 0.462 e. The van der Waals surface area contributed by atoms with Gasteiger partial charge in [0.2, 0.25) is 0 Å². The van der Waals surface area contributed by atoms with Crippen molar-refractivity contribution in [3.63, 3.8) is 0 Å². The van der Waals surface area contributed by atoms with Gasteiger partial charge in [0.1, 0.15) is 0 Å². The molecular formula is C11H13ClO5S. The molecule has 0 aliphatic heterocycles. The molecule has 0 N–H and O–H groups in total. The third kappa shape index (κ3) is 4.64. The number of methoxy groups -OCH3 is 1. The van der Waals surface area contributed by atoms with Gasteiger partial charge in [-0.1, -0.05) is 6.07 Å². The van der Waals surface area contributed by atoms with Gasteiger partial charge in [-0.05, 0) is 18.2 Å². The zero-order valence-electron chi connectivity index (χ0n) is 9.76. The Balaban J connectivity index is 2.69. The van der Waals surface area contributed by atoms with Gasteiger partial charge in [-0.15, -0.1) is 0 Å². The molecular weight excluding hydrogens is 280 g/mol. The summed E-state index contributed by atoms with van der Waals surface area (Å²) in [7, 11) is 2.89. The highest BCUT2D eigenvalue weighted by molar-refractivity contribution is 8.13. The first-order valence-electron chi connectivity index (χ1n) is 5.16. The molecule has 0 atom stereocenters. The van der Waals surface area contributed by atoms with E-state index in [2.05, 4.69) is 0 Å². The van der Waals surface area contributed by atoms with E-state index in [1.165, 1.54) is 24.3 Å². The maximum absolute atomic E-state index is 11.6. The molecule has 0 aliphatic carbocycles. The zero-order valence-corrected chi connectivity index (χ0v) is 11.3. The number of rotatable bonds is 6. The Bertz CT molecular complexity index is 512. The third-order valence-corrected chi connectivity index (χ3v) is 3.43. The lowest BCUT2D eigenvalue weighted by atomic mass is 10.2. The van der Waals surface area contributed by atoms with E-state index in [1.54, 1.807) is 7.11 Å². The maximum Gasteiger partial charge on any atom is 0.338 e. The molecule has 18 heavy (non-hydrogen) atoms. The number of carbonyl (C=O) groups excluding carboxylic acids is 1. The average Bonchev–Trinajstić information content (AvgIpc) is 2.33. The Kier molecular flexibility index (Phi) is 5.58. The molecule has 0 aromatic heterocycles. The van der Waals surface area contributed by atoms with E-state index >= 15 is 0 Å². The second kappa shape index (κ2) is 6.72. The van der Waals surface area contributed by atoms with Crippen LogP contribution in [0.4, 0.5) is 0 Å². The highest BCUT2D eigenvalue weighted by Gasteiger charge is 2.13. The van der Waals surface area contributed by atoms with E-state index in [0.29, 0.717) is 13.0 Å². The minimum Gasteiger partial charge on any atom is -0.462 e. The normalized spacial score (nSPS) is 11.2. The van der Waals surface area contributed by atoms with Crippen LogP contribution in [0.2, 0.25) is 0 Å². The maximum atomic E-state index is 11.6. The molecule has 0 unspecified atom stereocenters. The van der Waals surface area contributed by atoms with E-state index in [0.717, 1.165) is 0 Å². The summed E-state index contributed by atoms with van der Waals surface area (Å²) in [6, 6.07) is 5.39. The van der Waals surface area contributed by atoms with Gasteiger partial charge in [0.05, 0.1) is 17.1 Å². The van der Waals surface area contributed by atoms with E-state index < -0.39 is 15.0 Å². The van der Waals surface area contributed by atoms with Gasteiger partial charge < -0.3 is 9.47 Å². The van der Waals surface area contributed by atoms with Crippen molar-refractivity contribution in [3.05, 3.63) is 29.8 Å². The predicted molar refractivity (Wildman–Crippen MR) is 66.3 cm³/mol. The molecule has 0 radical (unpaired) electrons. The number of ether oxygens (including phenoxy) is 2. The molecule has 0 saturated heterocycles. The molecule has 0 amide bonds. The van der Waals surface area contributed by atoms with E-state index in [-0.39, 0.29) is 17.1 Å². The summed E-state index contributed by atoms with van der Waals surface area (Å²) < 4.78 is 32.0. The summed E-state index contributed by atoms with van der Waals surface area (Å²) >= 11 is 0. The summed E-state index contributed by atoms with van der Waals surface area (Å²) in [4.78, 5) is 11.5. The highest BCUT2D eigenvalue weighted by Crippen LogP contribution is 2.16. The van der Waals surface area contributed by atoms with Crippen LogP contribution in [0.5, 0.6) is 0 Å². The van der Waals surface area contributed by atoms with Crippen molar-refractivity contribution in [1.29, 1.82) is 0 Å². The van der Waals surface area contributed by atoms with Crippen molar-refractivity contribution in [2.75, 3.05) is 20.3 Å². The van der Waals surface area contributed by atoms with E-state index in [9.17, 15) is 13.2 Å². The van der Waals surface area contributed by atoms with Gasteiger partial charge in [0.15, 0.2) is 0 Å². The van der Waals surface area contributed by atoms with Gasteiger partial charge in [-0.3, -0.25) is 0 Å². The molecule has 0 fully saturated rings. The summed E-state index contributed by atoms with van der Waals surface area (Å²) in [5.74, 6) is -0.590. The minimum absolute atomic E-state index is 0.129. The van der Waals surface area contributed by atoms with Crippen molar-refractivity contribution in [3.8, 4) is 0 Å². The van der Waals surface area contributed by atoms with Crippen LogP contribution >= 0.6 is 10.7 Å². The van der Waals surface area contributed by atoms with Crippen molar-refractivity contribution in [1.82, 2.24) is 0 Å². The second-order valence-electron chi connectivity index (χ2n) is 3.45. The Labute approximate surface area is 110 Å². The first-order chi connectivity index (χ1) is 8.45. The summed E-state index contributed by atoms with van der Waals surface area (Å²) in [6.07, 6.45) is 0.579. The first-order valence-corrected chi connectivity index (χ1v) is 7.47. The van der Waals surface area contributed by atoms with Crippen LogP contribution in [0.25, 0.3) is 0 Å². The summed E-state index contributed by atoms with van der Waals surface area (Å²) in [5.41, 5.74) is 0.147. The highest BCUT2D eigenvalue weighted by atomic mass is 35.7. The molecule has 0 bridgehead atoms. The van der Waals surface area contributed by atoms with Crippen molar-refractivity contribution in [2.24, 2.45) is 0 Å². The topological polar surface area (TPSA) is 69.7 Å².